The largest absolute Gasteiger partial charge is 0.507 e. The molecule has 0 saturated carbocycles. The van der Waals surface area contributed by atoms with Crippen molar-refractivity contribution in [2.75, 3.05) is 21.3 Å². The van der Waals surface area contributed by atoms with E-state index in [1.165, 1.54) is 27.4 Å². The molecule has 0 spiro atoms. The number of phenols is 2. The Morgan fingerprint density at radius 3 is 2.34 bits per heavy atom. The minimum Gasteiger partial charge on any atom is -0.507 e. The van der Waals surface area contributed by atoms with Gasteiger partial charge in [0.2, 0.25) is 0 Å². The van der Waals surface area contributed by atoms with Gasteiger partial charge in [0, 0.05) is 34.7 Å². The number of para-hydroxylation sites is 1. The molecule has 0 aliphatic carbocycles. The minimum absolute atomic E-state index is 0.0485. The lowest BCUT2D eigenvalue weighted by molar-refractivity contribution is -0.140. The van der Waals surface area contributed by atoms with Crippen LogP contribution in [-0.2, 0) is 9.53 Å². The Kier molecular flexibility index (Phi) is 6.64. The molecule has 4 aromatic rings. The van der Waals surface area contributed by atoms with Crippen molar-refractivity contribution in [3.63, 3.8) is 0 Å². The summed E-state index contributed by atoms with van der Waals surface area (Å²) in [4.78, 5) is 25.6. The Labute approximate surface area is 200 Å². The Morgan fingerprint density at radius 2 is 1.69 bits per heavy atom. The summed E-state index contributed by atoms with van der Waals surface area (Å²) in [6.07, 6.45) is -0.216. The number of fused-ring (bicyclic) bond motifs is 1. The van der Waals surface area contributed by atoms with Crippen LogP contribution in [0.5, 0.6) is 23.0 Å². The number of hydrogen-bond donors (Lipinski definition) is 2. The zero-order valence-electron chi connectivity index (χ0n) is 19.4. The van der Waals surface area contributed by atoms with Crippen LogP contribution in [0.15, 0.2) is 69.9 Å². The molecule has 1 aromatic heterocycles. The van der Waals surface area contributed by atoms with E-state index in [0.717, 1.165) is 6.07 Å². The predicted octanol–water partition coefficient (Wildman–Crippen LogP) is 4.58. The van der Waals surface area contributed by atoms with E-state index in [4.69, 9.17) is 18.6 Å². The zero-order valence-corrected chi connectivity index (χ0v) is 19.4. The molecule has 1 unspecified atom stereocenters. The highest BCUT2D eigenvalue weighted by Gasteiger charge is 2.31. The first-order chi connectivity index (χ1) is 16.9. The summed E-state index contributed by atoms with van der Waals surface area (Å²) in [6, 6.07) is 16.4. The standard InChI is InChI=1S/C27H24O8/c1-32-21-11-7-10-16(26(21)34-3)17(12-23(31)33-2)24-18(28)13-19(29)25-20(30)14-22(35-27(24)25)15-8-5-4-6-9-15/h4-11,13-14,17,28-29H,12H2,1-3H3. The van der Waals surface area contributed by atoms with Gasteiger partial charge in [0.05, 0.1) is 27.8 Å². The number of benzene rings is 3. The summed E-state index contributed by atoms with van der Waals surface area (Å²) >= 11 is 0. The highest BCUT2D eigenvalue weighted by atomic mass is 16.5. The molecule has 4 rings (SSSR count). The zero-order chi connectivity index (χ0) is 25.1. The van der Waals surface area contributed by atoms with E-state index in [1.54, 1.807) is 42.5 Å². The maximum atomic E-state index is 13.1. The van der Waals surface area contributed by atoms with Crippen molar-refractivity contribution in [3.05, 3.63) is 82.0 Å². The summed E-state index contributed by atoms with van der Waals surface area (Å²) in [5.74, 6) is -1.25. The molecule has 2 N–H and O–H groups in total. The highest BCUT2D eigenvalue weighted by molar-refractivity contribution is 5.91. The third-order valence-corrected chi connectivity index (χ3v) is 5.81. The molecule has 8 heteroatoms. The van der Waals surface area contributed by atoms with Gasteiger partial charge in [-0.25, -0.2) is 0 Å². The fraction of sp³-hybridized carbons (Fsp3) is 0.185. The number of rotatable bonds is 7. The van der Waals surface area contributed by atoms with Gasteiger partial charge < -0.3 is 28.8 Å². The van der Waals surface area contributed by atoms with E-state index < -0.39 is 23.1 Å². The van der Waals surface area contributed by atoms with E-state index >= 15 is 0 Å². The molecule has 3 aromatic carbocycles. The van der Waals surface area contributed by atoms with E-state index in [9.17, 15) is 19.8 Å². The molecule has 0 fully saturated rings. The third kappa shape index (κ3) is 4.38. The minimum atomic E-state index is -0.871. The normalized spacial score (nSPS) is 11.7. The van der Waals surface area contributed by atoms with Gasteiger partial charge in [-0.15, -0.1) is 0 Å². The molecule has 0 saturated heterocycles. The van der Waals surface area contributed by atoms with E-state index in [0.29, 0.717) is 22.6 Å². The van der Waals surface area contributed by atoms with Gasteiger partial charge in [0.15, 0.2) is 16.9 Å². The van der Waals surface area contributed by atoms with Gasteiger partial charge in [0.25, 0.3) is 0 Å². The number of phenolic OH excluding ortho intramolecular Hbond substituents is 2. The molecule has 0 amide bonds. The van der Waals surface area contributed by atoms with Crippen molar-refractivity contribution >= 4 is 16.9 Å². The number of carbonyl (C=O) groups excluding carboxylic acids is 1. The third-order valence-electron chi connectivity index (χ3n) is 5.81. The average Bonchev–Trinajstić information content (AvgIpc) is 2.87. The first-order valence-corrected chi connectivity index (χ1v) is 10.7. The van der Waals surface area contributed by atoms with Gasteiger partial charge in [0.1, 0.15) is 28.2 Å². The fourth-order valence-electron chi connectivity index (χ4n) is 4.21. The number of methoxy groups -OCH3 is 3. The summed E-state index contributed by atoms with van der Waals surface area (Å²) in [5, 5.41) is 21.4. The lowest BCUT2D eigenvalue weighted by Gasteiger charge is -2.23. The highest BCUT2D eigenvalue weighted by Crippen LogP contribution is 2.46. The van der Waals surface area contributed by atoms with E-state index in [-0.39, 0.29) is 34.5 Å². The molecule has 0 bridgehead atoms. The van der Waals surface area contributed by atoms with Crippen LogP contribution in [0.3, 0.4) is 0 Å². The number of hydrogen-bond acceptors (Lipinski definition) is 8. The molecule has 0 radical (unpaired) electrons. The fourth-order valence-corrected chi connectivity index (χ4v) is 4.21. The van der Waals surface area contributed by atoms with Crippen LogP contribution in [0.1, 0.15) is 23.5 Å². The van der Waals surface area contributed by atoms with Gasteiger partial charge in [-0.3, -0.25) is 9.59 Å². The monoisotopic (exact) mass is 476 g/mol. The van der Waals surface area contributed by atoms with Gasteiger partial charge in [-0.1, -0.05) is 42.5 Å². The number of aromatic hydroxyl groups is 2. The van der Waals surface area contributed by atoms with Crippen molar-refractivity contribution in [2.24, 2.45) is 0 Å². The summed E-state index contributed by atoms with van der Waals surface area (Å²) in [5.41, 5.74) is 0.701. The second-order valence-electron chi connectivity index (χ2n) is 7.79. The molecule has 180 valence electrons. The van der Waals surface area contributed by atoms with Gasteiger partial charge >= 0.3 is 5.97 Å². The van der Waals surface area contributed by atoms with Crippen LogP contribution in [0.4, 0.5) is 0 Å². The van der Waals surface area contributed by atoms with E-state index in [2.05, 4.69) is 0 Å². The van der Waals surface area contributed by atoms with Crippen LogP contribution < -0.4 is 14.9 Å². The molecule has 1 atom stereocenters. The van der Waals surface area contributed by atoms with Crippen molar-refractivity contribution in [2.45, 2.75) is 12.3 Å². The molecule has 1 heterocycles. The Hall–Kier alpha value is -4.46. The van der Waals surface area contributed by atoms with Crippen LogP contribution in [0.25, 0.3) is 22.3 Å². The van der Waals surface area contributed by atoms with Crippen LogP contribution in [-0.4, -0.2) is 37.5 Å². The second-order valence-corrected chi connectivity index (χ2v) is 7.79. The molecule has 0 aliphatic rings. The lowest BCUT2D eigenvalue weighted by atomic mass is 9.85. The van der Waals surface area contributed by atoms with Crippen LogP contribution in [0, 0.1) is 0 Å². The number of carbonyl (C=O) groups is 1. The van der Waals surface area contributed by atoms with Crippen molar-refractivity contribution in [3.8, 4) is 34.3 Å². The average molecular weight is 476 g/mol. The predicted molar refractivity (Wildman–Crippen MR) is 129 cm³/mol. The molecule has 35 heavy (non-hydrogen) atoms. The molecule has 8 nitrogen and oxygen atoms in total. The number of esters is 1. The number of ether oxygens (including phenoxy) is 3. The Balaban J connectivity index is 2.09. The van der Waals surface area contributed by atoms with Crippen LogP contribution >= 0.6 is 0 Å². The van der Waals surface area contributed by atoms with Crippen LogP contribution in [0.2, 0.25) is 0 Å². The summed E-state index contributed by atoms with van der Waals surface area (Å²) in [6.45, 7) is 0. The Bertz CT molecular complexity index is 1440. The topological polar surface area (TPSA) is 115 Å². The maximum Gasteiger partial charge on any atom is 0.306 e. The SMILES string of the molecule is COC(=O)CC(c1cccc(OC)c1OC)c1c(O)cc(O)c2c(=O)cc(-c3ccccc3)oc12. The summed E-state index contributed by atoms with van der Waals surface area (Å²) in [7, 11) is 4.19. The Morgan fingerprint density at radius 1 is 0.943 bits per heavy atom. The van der Waals surface area contributed by atoms with Crippen molar-refractivity contribution < 1.29 is 33.6 Å². The quantitative estimate of drug-likeness (QED) is 0.372. The van der Waals surface area contributed by atoms with E-state index in [1.807, 2.05) is 6.07 Å². The molecule has 0 aliphatic heterocycles. The van der Waals surface area contributed by atoms with Crippen molar-refractivity contribution in [1.82, 2.24) is 0 Å². The first-order valence-electron chi connectivity index (χ1n) is 10.7. The summed E-state index contributed by atoms with van der Waals surface area (Å²) < 4.78 is 22.0. The maximum absolute atomic E-state index is 13.1. The van der Waals surface area contributed by atoms with Gasteiger partial charge in [-0.2, -0.15) is 0 Å². The first kappa shape index (κ1) is 23.7. The molecular formula is C27H24O8. The van der Waals surface area contributed by atoms with Crippen molar-refractivity contribution in [1.29, 1.82) is 0 Å². The smallest absolute Gasteiger partial charge is 0.306 e. The second kappa shape index (κ2) is 9.80. The lowest BCUT2D eigenvalue weighted by Crippen LogP contribution is -2.13. The molecular weight excluding hydrogens is 452 g/mol. The van der Waals surface area contributed by atoms with Gasteiger partial charge in [-0.05, 0) is 6.07 Å².